The van der Waals surface area contributed by atoms with Crippen LogP contribution in [0.25, 0.3) is 0 Å². The molecular formula is C33H59O6PS. The monoisotopic (exact) mass is 614 g/mol. The van der Waals surface area contributed by atoms with Gasteiger partial charge in [0.15, 0.2) is 0 Å². The predicted octanol–water partition coefficient (Wildman–Crippen LogP) is 9.97. The van der Waals surface area contributed by atoms with Crippen molar-refractivity contribution >= 4 is 25.3 Å². The zero-order chi connectivity index (χ0) is 30.3. The van der Waals surface area contributed by atoms with Crippen molar-refractivity contribution in [1.29, 1.82) is 0 Å². The summed E-state index contributed by atoms with van der Waals surface area (Å²) in [4.78, 5) is 21.4. The van der Waals surface area contributed by atoms with Gasteiger partial charge in [-0.3, -0.25) is 4.57 Å². The van der Waals surface area contributed by atoms with Gasteiger partial charge in [-0.1, -0.05) is 109 Å². The van der Waals surface area contributed by atoms with Crippen LogP contribution < -0.4 is 0 Å². The summed E-state index contributed by atoms with van der Waals surface area (Å²) >= 11 is 2.10. The highest BCUT2D eigenvalue weighted by Crippen LogP contribution is 2.49. The highest BCUT2D eigenvalue weighted by molar-refractivity contribution is 7.99. The third kappa shape index (κ3) is 17.8. The van der Waals surface area contributed by atoms with Crippen molar-refractivity contribution < 1.29 is 28.6 Å². The summed E-state index contributed by atoms with van der Waals surface area (Å²) < 4.78 is 22.7. The smallest absolute Gasteiger partial charge is 0.368 e. The molecule has 4 unspecified atom stereocenters. The van der Waals surface area contributed by atoms with E-state index in [1.807, 2.05) is 6.92 Å². The summed E-state index contributed by atoms with van der Waals surface area (Å²) in [6.45, 7) is 8.15. The summed E-state index contributed by atoms with van der Waals surface area (Å²) in [5.41, 5.74) is 2.99. The first-order valence-corrected chi connectivity index (χ1v) is 19.1. The third-order valence-corrected chi connectivity index (χ3v) is 10.3. The second-order valence-electron chi connectivity index (χ2n) is 11.4. The molecule has 6 nitrogen and oxygen atoms in total. The standard InChI is InChI=1S/C33H59O6PS/c1-5-8-9-12-16-21-30(31-22-18-20-29(7-3)27-31)23-26-41-25-17-14-11-10-13-15-19-28(4)39-40(36,37)33(32(34)35)38-24-6-2/h18,20,22,27-28,30,33H,5-17,19,21,23-26H2,1-4H3,(H,34,35)(H,36,37). The lowest BCUT2D eigenvalue weighted by Crippen LogP contribution is -2.27. The molecule has 41 heavy (non-hydrogen) atoms. The van der Waals surface area contributed by atoms with E-state index in [9.17, 15) is 19.4 Å². The number of carbonyl (C=O) groups is 1. The third-order valence-electron chi connectivity index (χ3n) is 7.57. The van der Waals surface area contributed by atoms with Gasteiger partial charge in [-0.05, 0) is 74.0 Å². The van der Waals surface area contributed by atoms with Gasteiger partial charge in [0.1, 0.15) is 0 Å². The Kier molecular flexibility index (Phi) is 22.0. The molecule has 1 rings (SSSR count). The van der Waals surface area contributed by atoms with Crippen LogP contribution in [-0.4, -0.2) is 46.0 Å². The maximum absolute atomic E-state index is 12.4. The first-order chi connectivity index (χ1) is 19.7. The van der Waals surface area contributed by atoms with Crippen LogP contribution in [0.1, 0.15) is 141 Å². The Bertz CT molecular complexity index is 851. The molecule has 0 radical (unpaired) electrons. The molecular weight excluding hydrogens is 555 g/mol. The van der Waals surface area contributed by atoms with Crippen molar-refractivity contribution in [3.05, 3.63) is 35.4 Å². The average molecular weight is 615 g/mol. The Labute approximate surface area is 255 Å². The van der Waals surface area contributed by atoms with Gasteiger partial charge in [-0.25, -0.2) is 4.79 Å². The maximum Gasteiger partial charge on any atom is 0.368 e. The number of rotatable bonds is 27. The van der Waals surface area contributed by atoms with Crippen molar-refractivity contribution in [2.24, 2.45) is 0 Å². The number of hydrogen-bond donors (Lipinski definition) is 2. The van der Waals surface area contributed by atoms with Crippen LogP contribution in [0.3, 0.4) is 0 Å². The lowest BCUT2D eigenvalue weighted by atomic mass is 9.89. The van der Waals surface area contributed by atoms with Gasteiger partial charge in [-0.2, -0.15) is 11.8 Å². The largest absolute Gasteiger partial charge is 0.479 e. The molecule has 0 saturated heterocycles. The molecule has 238 valence electrons. The van der Waals surface area contributed by atoms with E-state index in [0.29, 0.717) is 18.8 Å². The van der Waals surface area contributed by atoms with Gasteiger partial charge < -0.3 is 19.3 Å². The summed E-state index contributed by atoms with van der Waals surface area (Å²) in [6, 6.07) is 9.26. The van der Waals surface area contributed by atoms with E-state index in [1.165, 1.54) is 86.8 Å². The molecule has 0 saturated carbocycles. The molecule has 1 aromatic carbocycles. The molecule has 0 amide bonds. The predicted molar refractivity (Wildman–Crippen MR) is 174 cm³/mol. The van der Waals surface area contributed by atoms with E-state index < -0.39 is 25.5 Å². The Morgan fingerprint density at radius 2 is 1.54 bits per heavy atom. The van der Waals surface area contributed by atoms with Gasteiger partial charge in [-0.15, -0.1) is 0 Å². The minimum Gasteiger partial charge on any atom is -0.479 e. The molecule has 1 aromatic rings. The summed E-state index contributed by atoms with van der Waals surface area (Å²) in [7, 11) is -4.39. The molecule has 0 fully saturated rings. The Morgan fingerprint density at radius 1 is 0.878 bits per heavy atom. The molecule has 0 aliphatic heterocycles. The van der Waals surface area contributed by atoms with Gasteiger partial charge in [0.05, 0.1) is 6.10 Å². The van der Waals surface area contributed by atoms with E-state index in [1.54, 1.807) is 6.92 Å². The molecule has 4 atom stereocenters. The summed E-state index contributed by atoms with van der Waals surface area (Å²) in [5, 5.41) is 9.22. The van der Waals surface area contributed by atoms with E-state index in [2.05, 4.69) is 49.9 Å². The molecule has 0 aliphatic rings. The number of aliphatic carboxylic acids is 1. The molecule has 0 bridgehead atoms. The fourth-order valence-electron chi connectivity index (χ4n) is 5.11. The van der Waals surface area contributed by atoms with Crippen molar-refractivity contribution in [3.63, 3.8) is 0 Å². The van der Waals surface area contributed by atoms with Crippen molar-refractivity contribution in [2.45, 2.75) is 148 Å². The minimum absolute atomic E-state index is 0.102. The first-order valence-electron chi connectivity index (χ1n) is 16.3. The fraction of sp³-hybridized carbons (Fsp3) is 0.788. The SMILES string of the molecule is CCCCCCCC(CCSCCCCCCCCC(C)OP(=O)(O)C(OCCC)C(=O)O)c1cccc(CC)c1. The van der Waals surface area contributed by atoms with Crippen LogP contribution in [0.15, 0.2) is 24.3 Å². The molecule has 2 N–H and O–H groups in total. The number of benzene rings is 1. The lowest BCUT2D eigenvalue weighted by molar-refractivity contribution is -0.146. The van der Waals surface area contributed by atoms with E-state index in [4.69, 9.17) is 9.26 Å². The normalized spacial score (nSPS) is 15.3. The van der Waals surface area contributed by atoms with Crippen LogP contribution in [-0.2, 0) is 25.0 Å². The maximum atomic E-state index is 12.4. The van der Waals surface area contributed by atoms with Gasteiger partial charge in [0.25, 0.3) is 5.85 Å². The molecule has 0 spiro atoms. The van der Waals surface area contributed by atoms with Crippen molar-refractivity contribution in [2.75, 3.05) is 18.1 Å². The van der Waals surface area contributed by atoms with Crippen LogP contribution >= 0.6 is 19.4 Å². The number of unbranched alkanes of at least 4 members (excludes halogenated alkanes) is 9. The number of thioether (sulfide) groups is 1. The van der Waals surface area contributed by atoms with Crippen LogP contribution in [0, 0.1) is 0 Å². The summed E-state index contributed by atoms with van der Waals surface area (Å²) in [5.74, 6) is -0.153. The van der Waals surface area contributed by atoms with Gasteiger partial charge in [0.2, 0.25) is 0 Å². The highest BCUT2D eigenvalue weighted by atomic mass is 32.2. The van der Waals surface area contributed by atoms with E-state index in [0.717, 1.165) is 25.7 Å². The number of aryl methyl sites for hydroxylation is 1. The quantitative estimate of drug-likeness (QED) is 0.0752. The Morgan fingerprint density at radius 3 is 2.20 bits per heavy atom. The van der Waals surface area contributed by atoms with Crippen LogP contribution in [0.5, 0.6) is 0 Å². The molecule has 8 heteroatoms. The summed E-state index contributed by atoms with van der Waals surface area (Å²) in [6.07, 6.45) is 17.9. The van der Waals surface area contributed by atoms with Crippen LogP contribution in [0.4, 0.5) is 0 Å². The molecule has 0 heterocycles. The van der Waals surface area contributed by atoms with Crippen LogP contribution in [0.2, 0.25) is 0 Å². The average Bonchev–Trinajstić information content (AvgIpc) is 2.94. The second-order valence-corrected chi connectivity index (χ2v) is 14.4. The van der Waals surface area contributed by atoms with Crippen molar-refractivity contribution in [3.8, 4) is 0 Å². The molecule has 0 aliphatic carbocycles. The van der Waals surface area contributed by atoms with Crippen molar-refractivity contribution in [1.82, 2.24) is 0 Å². The highest BCUT2D eigenvalue weighted by Gasteiger charge is 2.41. The zero-order valence-electron chi connectivity index (χ0n) is 26.4. The fourth-order valence-corrected chi connectivity index (χ4v) is 7.48. The Hall–Kier alpha value is -0.850. The number of carboxylic acids is 1. The Balaban J connectivity index is 2.21. The molecule has 0 aromatic heterocycles. The second kappa shape index (κ2) is 23.6. The minimum atomic E-state index is -4.39. The van der Waals surface area contributed by atoms with Gasteiger partial charge in [0, 0.05) is 6.61 Å². The number of ether oxygens (including phenoxy) is 1. The topological polar surface area (TPSA) is 93.1 Å². The van der Waals surface area contributed by atoms with E-state index in [-0.39, 0.29) is 6.61 Å². The number of hydrogen-bond acceptors (Lipinski definition) is 5. The van der Waals surface area contributed by atoms with E-state index >= 15 is 0 Å². The lowest BCUT2D eigenvalue weighted by Gasteiger charge is -2.22. The number of carboxylic acid groups (broad SMARTS) is 1. The zero-order valence-corrected chi connectivity index (χ0v) is 28.1. The first kappa shape index (κ1) is 38.2. The van der Waals surface area contributed by atoms with Gasteiger partial charge >= 0.3 is 13.6 Å².